The third-order valence-electron chi connectivity index (χ3n) is 1.62. The monoisotopic (exact) mass is 377 g/mol. The molecule has 0 amide bonds. The van der Waals surface area contributed by atoms with Gasteiger partial charge in [-0.15, -0.1) is 24.0 Å². The van der Waals surface area contributed by atoms with E-state index >= 15 is 0 Å². The average molecular weight is 375 g/mol. The molecule has 60 valence electrons. The molecule has 1 nitrogen and oxygen atoms in total. The van der Waals surface area contributed by atoms with E-state index in [-0.39, 0.29) is 45.2 Å². The van der Waals surface area contributed by atoms with Gasteiger partial charge in [0.15, 0.2) is 0 Å². The molecule has 0 N–H and O–H groups in total. The fourth-order valence-electron chi connectivity index (χ4n) is 1.16. The van der Waals surface area contributed by atoms with Crippen LogP contribution in [0.5, 0.6) is 0 Å². The molecule has 2 rings (SSSR count). The number of halogens is 1. The van der Waals surface area contributed by atoms with Crippen LogP contribution in [0, 0.1) is 0 Å². The van der Waals surface area contributed by atoms with Crippen LogP contribution >= 0.6 is 24.0 Å². The van der Waals surface area contributed by atoms with E-state index in [1.807, 2.05) is 0 Å². The molecule has 0 fully saturated rings. The minimum absolute atomic E-state index is 0. The van der Waals surface area contributed by atoms with Crippen molar-refractivity contribution in [3.63, 3.8) is 0 Å². The first kappa shape index (κ1) is 9.79. The molecular weight excluding hydrogens is 365 g/mol. The molecule has 1 aromatic rings. The molecule has 0 unspecified atom stereocenters. The van der Waals surface area contributed by atoms with Gasteiger partial charge in [-0.05, 0) is 0 Å². The van der Waals surface area contributed by atoms with Crippen LogP contribution in [0.3, 0.4) is 0 Å². The molecule has 0 saturated carbocycles. The van der Waals surface area contributed by atoms with Crippen molar-refractivity contribution in [2.45, 2.75) is 6.54 Å². The van der Waals surface area contributed by atoms with Crippen molar-refractivity contribution in [3.8, 4) is 0 Å². The number of nitrogens with zero attached hydrogens (tertiary/aromatic N) is 1. The summed E-state index contributed by atoms with van der Waals surface area (Å²) >= 11 is 0.0243. The van der Waals surface area contributed by atoms with Gasteiger partial charge in [0.1, 0.15) is 0 Å². The molecule has 0 radical (unpaired) electrons. The second kappa shape index (κ2) is 4.08. The maximum atomic E-state index is 2.45. The Hall–Kier alpha value is 0.700. The van der Waals surface area contributed by atoms with E-state index in [0.717, 1.165) is 0 Å². The number of hydrogen-bond acceptors (Lipinski definition) is 1. The normalized spacial score (nSPS) is 15.7. The van der Waals surface area contributed by atoms with Crippen molar-refractivity contribution in [3.05, 3.63) is 29.8 Å². The minimum atomic E-state index is 0. The fraction of sp³-hybridized carbons (Fsp3) is 0.250. The summed E-state index contributed by atoms with van der Waals surface area (Å²) in [6.07, 6.45) is 0. The molecule has 3 heteroatoms. The van der Waals surface area contributed by atoms with Crippen LogP contribution in [0.4, 0.5) is 0 Å². The maximum absolute atomic E-state index is 2.45. The van der Waals surface area contributed by atoms with Gasteiger partial charge in [0.05, 0.1) is 0 Å². The molecule has 1 aromatic carbocycles. The van der Waals surface area contributed by atoms with Gasteiger partial charge in [-0.2, -0.15) is 0 Å². The van der Waals surface area contributed by atoms with Crippen molar-refractivity contribution < 1.29 is 0 Å². The van der Waals surface area contributed by atoms with Crippen molar-refractivity contribution in [2.75, 3.05) is 7.05 Å². The first-order valence-corrected chi connectivity index (χ1v) is 5.54. The first-order valence-electron chi connectivity index (χ1n) is 3.33. The number of benzene rings is 1. The summed E-state index contributed by atoms with van der Waals surface area (Å²) in [5.74, 6) is 0. The van der Waals surface area contributed by atoms with Crippen molar-refractivity contribution in [1.82, 2.24) is 3.15 Å². The van der Waals surface area contributed by atoms with Crippen LogP contribution in [0.15, 0.2) is 24.3 Å². The van der Waals surface area contributed by atoms with Gasteiger partial charge >= 0.3 is 71.4 Å². The molecule has 0 bridgehead atoms. The predicted octanol–water partition coefficient (Wildman–Crippen LogP) is 0.994. The van der Waals surface area contributed by atoms with Crippen LogP contribution in [0.2, 0.25) is 0 Å². The summed E-state index contributed by atoms with van der Waals surface area (Å²) in [5.41, 5.74) is 1.55. The minimum Gasteiger partial charge on any atom is -0.107 e. The largest absolute Gasteiger partial charge is 0.107 e. The molecule has 1 heterocycles. The standard InChI is InChI=1S/C8H9NTe.HI/c1-9-6-7-4-2-3-5-8(7)10-9;/h2-5H,6H2,1H3;1H. The summed E-state index contributed by atoms with van der Waals surface area (Å²) in [6.45, 7) is 1.18. The summed E-state index contributed by atoms with van der Waals surface area (Å²) in [5, 5.41) is 0. The average Bonchev–Trinajstić information content (AvgIpc) is 2.27. The molecule has 0 spiro atoms. The molecule has 1 aliphatic heterocycles. The Balaban J connectivity index is 0.000000605. The molecule has 0 aliphatic carbocycles. The van der Waals surface area contributed by atoms with E-state index in [9.17, 15) is 0 Å². The third kappa shape index (κ3) is 2.09. The summed E-state index contributed by atoms with van der Waals surface area (Å²) in [6, 6.07) is 8.78. The zero-order valence-electron chi connectivity index (χ0n) is 6.28. The third-order valence-corrected chi connectivity index (χ3v) is 4.58. The van der Waals surface area contributed by atoms with E-state index in [2.05, 4.69) is 34.5 Å². The molecule has 0 saturated heterocycles. The zero-order valence-corrected chi connectivity index (χ0v) is 10.9. The van der Waals surface area contributed by atoms with E-state index in [4.69, 9.17) is 0 Å². The van der Waals surface area contributed by atoms with Crippen molar-refractivity contribution in [2.24, 2.45) is 0 Å². The van der Waals surface area contributed by atoms with Crippen LogP contribution in [0.1, 0.15) is 5.56 Å². The predicted molar refractivity (Wildman–Crippen MR) is 58.7 cm³/mol. The Labute approximate surface area is 94.6 Å². The topological polar surface area (TPSA) is 3.24 Å². The molecule has 0 atom stereocenters. The van der Waals surface area contributed by atoms with Crippen molar-refractivity contribution >= 4 is 48.8 Å². The number of fused-ring (bicyclic) bond motifs is 1. The molecule has 0 aromatic heterocycles. The second-order valence-electron chi connectivity index (χ2n) is 2.49. The van der Waals surface area contributed by atoms with Gasteiger partial charge in [-0.25, -0.2) is 0 Å². The zero-order chi connectivity index (χ0) is 6.97. The van der Waals surface area contributed by atoms with E-state index in [1.54, 1.807) is 9.17 Å². The number of rotatable bonds is 0. The van der Waals surface area contributed by atoms with Gasteiger partial charge in [0.2, 0.25) is 0 Å². The van der Waals surface area contributed by atoms with Crippen LogP contribution in [-0.4, -0.2) is 31.4 Å². The van der Waals surface area contributed by atoms with Gasteiger partial charge in [0.25, 0.3) is 0 Å². The van der Waals surface area contributed by atoms with Gasteiger partial charge in [0, 0.05) is 0 Å². The Morgan fingerprint density at radius 2 is 2.09 bits per heavy atom. The summed E-state index contributed by atoms with van der Waals surface area (Å²) < 4.78 is 4.07. The van der Waals surface area contributed by atoms with E-state index in [1.165, 1.54) is 6.54 Å². The van der Waals surface area contributed by atoms with Gasteiger partial charge in [-0.3, -0.25) is 0 Å². The van der Waals surface area contributed by atoms with Crippen molar-refractivity contribution in [1.29, 1.82) is 0 Å². The Bertz CT molecular complexity index is 227. The van der Waals surface area contributed by atoms with Crippen LogP contribution in [-0.2, 0) is 6.54 Å². The van der Waals surface area contributed by atoms with Crippen LogP contribution < -0.4 is 3.61 Å². The second-order valence-corrected chi connectivity index (χ2v) is 6.04. The molecule has 11 heavy (non-hydrogen) atoms. The SMILES string of the molecule is CN1Cc2ccccc2[Te]1.I. The van der Waals surface area contributed by atoms with E-state index < -0.39 is 0 Å². The molecule has 1 aliphatic rings. The number of hydrogen-bond donors (Lipinski definition) is 0. The molecular formula is C8H10INTe. The van der Waals surface area contributed by atoms with E-state index in [0.29, 0.717) is 0 Å². The van der Waals surface area contributed by atoms with Gasteiger partial charge < -0.3 is 0 Å². The van der Waals surface area contributed by atoms with Crippen LogP contribution in [0.25, 0.3) is 0 Å². The Kier molecular flexibility index (Phi) is 3.63. The quantitative estimate of drug-likeness (QED) is 0.484. The van der Waals surface area contributed by atoms with Gasteiger partial charge in [-0.1, -0.05) is 0 Å². The summed E-state index contributed by atoms with van der Waals surface area (Å²) in [4.78, 5) is 0. The summed E-state index contributed by atoms with van der Waals surface area (Å²) in [7, 11) is 2.21. The maximum Gasteiger partial charge on any atom is -0.107 e. The first-order chi connectivity index (χ1) is 4.86. The Morgan fingerprint density at radius 1 is 1.36 bits per heavy atom. The smallest absolute Gasteiger partial charge is 0.107 e. The fourth-order valence-corrected chi connectivity index (χ4v) is 3.81. The Morgan fingerprint density at radius 3 is 2.82 bits per heavy atom.